The van der Waals surface area contributed by atoms with Gasteiger partial charge in [0, 0.05) is 18.1 Å². The van der Waals surface area contributed by atoms with Crippen LogP contribution in [0.4, 0.5) is 14.9 Å². The highest BCUT2D eigenvalue weighted by atomic mass is 32.2. The van der Waals surface area contributed by atoms with Crippen LogP contribution in [0.3, 0.4) is 0 Å². The quantitative estimate of drug-likeness (QED) is 0.595. The molecule has 0 saturated carbocycles. The van der Waals surface area contributed by atoms with Crippen molar-refractivity contribution in [3.05, 3.63) is 47.8 Å². The van der Waals surface area contributed by atoms with Gasteiger partial charge in [-0.15, -0.1) is 0 Å². The minimum Gasteiger partial charge on any atom is -0.496 e. The molecule has 0 radical (unpaired) electrons. The van der Waals surface area contributed by atoms with E-state index in [4.69, 9.17) is 13.7 Å². The second-order valence-corrected chi connectivity index (χ2v) is 8.86. The van der Waals surface area contributed by atoms with Crippen LogP contribution in [0.15, 0.2) is 36.4 Å². The molecule has 1 saturated heterocycles. The summed E-state index contributed by atoms with van der Waals surface area (Å²) in [6, 6.07) is 9.10. The van der Waals surface area contributed by atoms with Gasteiger partial charge >= 0.3 is 6.09 Å². The molecule has 3 rings (SSSR count). The Morgan fingerprint density at radius 1 is 1.25 bits per heavy atom. The molecule has 9 nitrogen and oxygen atoms in total. The van der Waals surface area contributed by atoms with Gasteiger partial charge in [-0.25, -0.2) is 9.18 Å². The molecule has 1 fully saturated rings. The minimum atomic E-state index is -3.60. The van der Waals surface area contributed by atoms with Crippen molar-refractivity contribution in [3.8, 4) is 16.9 Å². The summed E-state index contributed by atoms with van der Waals surface area (Å²) in [7, 11) is -2.19. The van der Waals surface area contributed by atoms with E-state index in [0.29, 0.717) is 22.6 Å². The Hall–Kier alpha value is -3.18. The van der Waals surface area contributed by atoms with E-state index in [2.05, 4.69) is 5.32 Å². The highest BCUT2D eigenvalue weighted by molar-refractivity contribution is 7.85. The number of halogens is 1. The van der Waals surface area contributed by atoms with E-state index in [0.717, 1.165) is 6.26 Å². The van der Waals surface area contributed by atoms with E-state index < -0.39 is 28.1 Å². The van der Waals surface area contributed by atoms with Crippen LogP contribution in [0.25, 0.3) is 11.1 Å². The first-order chi connectivity index (χ1) is 15.1. The second kappa shape index (κ2) is 9.53. The lowest BCUT2D eigenvalue weighted by Gasteiger charge is -2.16. The zero-order valence-corrected chi connectivity index (χ0v) is 18.6. The van der Waals surface area contributed by atoms with Crippen molar-refractivity contribution in [3.63, 3.8) is 0 Å². The number of methoxy groups -OCH3 is 1. The summed E-state index contributed by atoms with van der Waals surface area (Å²) in [5, 5.41) is 2.58. The Labute approximate surface area is 185 Å². The molecule has 2 amide bonds. The van der Waals surface area contributed by atoms with E-state index in [1.54, 1.807) is 24.3 Å². The fourth-order valence-corrected chi connectivity index (χ4v) is 3.56. The number of benzene rings is 2. The Morgan fingerprint density at radius 3 is 2.59 bits per heavy atom. The molecule has 1 atom stereocenters. The number of rotatable bonds is 8. The average molecular weight is 466 g/mol. The van der Waals surface area contributed by atoms with Crippen molar-refractivity contribution >= 4 is 27.8 Å². The molecule has 0 spiro atoms. The number of anilines is 1. The van der Waals surface area contributed by atoms with Gasteiger partial charge in [-0.05, 0) is 29.8 Å². The molecule has 11 heteroatoms. The van der Waals surface area contributed by atoms with Gasteiger partial charge in [0.2, 0.25) is 5.91 Å². The number of carbonyl (C=O) groups is 2. The first-order valence-electron chi connectivity index (χ1n) is 9.61. The van der Waals surface area contributed by atoms with E-state index in [1.807, 2.05) is 0 Å². The van der Waals surface area contributed by atoms with Gasteiger partial charge < -0.3 is 14.8 Å². The molecular weight excluding hydrogens is 443 g/mol. The summed E-state index contributed by atoms with van der Waals surface area (Å²) in [6.45, 7) is 1.54. The maximum Gasteiger partial charge on any atom is 0.414 e. The van der Waals surface area contributed by atoms with Crippen LogP contribution >= 0.6 is 0 Å². The predicted octanol–water partition coefficient (Wildman–Crippen LogP) is 2.44. The molecule has 0 aliphatic carbocycles. The van der Waals surface area contributed by atoms with Crippen molar-refractivity contribution < 1.29 is 36.1 Å². The molecule has 2 aromatic rings. The van der Waals surface area contributed by atoms with Crippen LogP contribution in [0.2, 0.25) is 0 Å². The van der Waals surface area contributed by atoms with Crippen LogP contribution in [-0.2, 0) is 30.4 Å². The zero-order valence-electron chi connectivity index (χ0n) is 17.8. The van der Waals surface area contributed by atoms with Gasteiger partial charge in [0.1, 0.15) is 17.7 Å². The summed E-state index contributed by atoms with van der Waals surface area (Å²) in [5.74, 6) is -0.487. The van der Waals surface area contributed by atoms with Gasteiger partial charge in [-0.3, -0.25) is 13.9 Å². The number of nitrogens with zero attached hydrogens (tertiary/aromatic N) is 1. The van der Waals surface area contributed by atoms with Gasteiger partial charge in [-0.2, -0.15) is 8.42 Å². The van der Waals surface area contributed by atoms with Crippen molar-refractivity contribution in [2.45, 2.75) is 19.6 Å². The highest BCUT2D eigenvalue weighted by Gasteiger charge is 2.32. The Balaban J connectivity index is 1.80. The third-order valence-electron chi connectivity index (χ3n) is 4.71. The molecule has 32 heavy (non-hydrogen) atoms. The Morgan fingerprint density at radius 2 is 1.97 bits per heavy atom. The fraction of sp³-hybridized carbons (Fsp3) is 0.333. The highest BCUT2D eigenvalue weighted by Crippen LogP contribution is 2.35. The molecule has 172 valence electrons. The van der Waals surface area contributed by atoms with E-state index >= 15 is 0 Å². The van der Waals surface area contributed by atoms with Crippen LogP contribution < -0.4 is 15.0 Å². The van der Waals surface area contributed by atoms with Gasteiger partial charge in [0.15, 0.2) is 0 Å². The molecule has 2 aromatic carbocycles. The molecular formula is C21H23FN2O7S. The number of cyclic esters (lactones) is 1. The van der Waals surface area contributed by atoms with Gasteiger partial charge in [0.05, 0.1) is 38.7 Å². The number of carbonyl (C=O) groups excluding carboxylic acids is 2. The number of amides is 2. The maximum absolute atomic E-state index is 15.0. The van der Waals surface area contributed by atoms with Crippen molar-refractivity contribution in [2.75, 3.05) is 31.4 Å². The second-order valence-electron chi connectivity index (χ2n) is 7.22. The lowest BCUT2D eigenvalue weighted by Crippen LogP contribution is -2.33. The molecule has 1 aliphatic heterocycles. The summed E-state index contributed by atoms with van der Waals surface area (Å²) in [5.41, 5.74) is 1.55. The Kier molecular flexibility index (Phi) is 6.99. The number of nitrogens with one attached hydrogen (secondary N) is 1. The average Bonchev–Trinajstić information content (AvgIpc) is 3.10. The summed E-state index contributed by atoms with van der Waals surface area (Å²) >= 11 is 0. The van der Waals surface area contributed by atoms with Crippen LogP contribution in [0.1, 0.15) is 12.5 Å². The molecule has 0 unspecified atom stereocenters. The molecule has 1 heterocycles. The summed E-state index contributed by atoms with van der Waals surface area (Å²) in [4.78, 5) is 24.5. The number of hydrogen-bond donors (Lipinski definition) is 1. The lowest BCUT2D eigenvalue weighted by molar-refractivity contribution is -0.119. The van der Waals surface area contributed by atoms with Gasteiger partial charge in [0.25, 0.3) is 10.1 Å². The van der Waals surface area contributed by atoms with Crippen molar-refractivity contribution in [2.24, 2.45) is 0 Å². The van der Waals surface area contributed by atoms with Gasteiger partial charge in [-0.1, -0.05) is 12.1 Å². The largest absolute Gasteiger partial charge is 0.496 e. The maximum atomic E-state index is 15.0. The van der Waals surface area contributed by atoms with E-state index in [1.165, 1.54) is 31.1 Å². The Bertz CT molecular complexity index is 1140. The molecule has 1 N–H and O–H groups in total. The number of ether oxygens (including phenoxy) is 2. The van der Waals surface area contributed by atoms with Crippen molar-refractivity contribution in [1.29, 1.82) is 0 Å². The number of hydrogen-bond acceptors (Lipinski definition) is 7. The topological polar surface area (TPSA) is 111 Å². The molecule has 0 aromatic heterocycles. The smallest absolute Gasteiger partial charge is 0.414 e. The van der Waals surface area contributed by atoms with E-state index in [-0.39, 0.29) is 31.2 Å². The third-order valence-corrected chi connectivity index (χ3v) is 5.26. The minimum absolute atomic E-state index is 0.171. The standard InChI is InChI=1S/C21H23FN2O7S/c1-13(25)23-10-16-11-24(21(26)31-16)15-5-7-17(19(22)9-15)18-6-4-14(8-20(18)29-2)12-30-32(3,27)28/h4-9,16H,10-12H2,1-3H3,(H,23,25)/t16-/m0/s1. The third kappa shape index (κ3) is 5.74. The molecule has 1 aliphatic rings. The normalized spacial score (nSPS) is 16.1. The summed E-state index contributed by atoms with van der Waals surface area (Å²) in [6.07, 6.45) is -0.204. The predicted molar refractivity (Wildman–Crippen MR) is 114 cm³/mol. The summed E-state index contributed by atoms with van der Waals surface area (Å²) < 4.78 is 52.7. The SMILES string of the molecule is COc1cc(COS(C)(=O)=O)ccc1-c1ccc(N2C[C@H](CNC(C)=O)OC2=O)cc1F. The van der Waals surface area contributed by atoms with E-state index in [9.17, 15) is 22.4 Å². The monoisotopic (exact) mass is 466 g/mol. The first kappa shape index (κ1) is 23.5. The van der Waals surface area contributed by atoms with Crippen molar-refractivity contribution in [1.82, 2.24) is 5.32 Å². The van der Waals surface area contributed by atoms with Crippen LogP contribution in [0.5, 0.6) is 5.75 Å². The van der Waals surface area contributed by atoms with Crippen LogP contribution in [0, 0.1) is 5.82 Å². The lowest BCUT2D eigenvalue weighted by atomic mass is 10.0. The fourth-order valence-electron chi connectivity index (χ4n) is 3.21. The molecule has 0 bridgehead atoms. The first-order valence-corrected chi connectivity index (χ1v) is 11.4. The van der Waals surface area contributed by atoms with Crippen LogP contribution in [-0.4, -0.2) is 53.0 Å². The zero-order chi connectivity index (χ0) is 23.5.